The Balaban J connectivity index is 1.28. The summed E-state index contributed by atoms with van der Waals surface area (Å²) in [4.78, 5) is 17.3. The Morgan fingerprint density at radius 2 is 1.07 bits per heavy atom. The lowest BCUT2D eigenvalue weighted by molar-refractivity contribution is 0.722. The van der Waals surface area contributed by atoms with Crippen LogP contribution in [0.4, 0.5) is 0 Å². The highest BCUT2D eigenvalue weighted by Gasteiger charge is 2.50. The largest absolute Gasteiger partial charge is 0.255 e. The van der Waals surface area contributed by atoms with E-state index in [2.05, 4.69) is 108 Å². The summed E-state index contributed by atoms with van der Waals surface area (Å²) in [6.07, 6.45) is 1.81. The van der Waals surface area contributed by atoms with Crippen molar-refractivity contribution in [2.75, 3.05) is 0 Å². The van der Waals surface area contributed by atoms with Gasteiger partial charge >= 0.3 is 0 Å². The summed E-state index contributed by atoms with van der Waals surface area (Å²) in [5.41, 5.74) is 12.1. The Hall–Kier alpha value is -5.32. The lowest BCUT2D eigenvalue weighted by Crippen LogP contribution is -2.31. The number of aromatic nitrogens is 3. The zero-order valence-corrected chi connectivity index (χ0v) is 24.5. The van der Waals surface area contributed by atoms with Crippen molar-refractivity contribution in [3.63, 3.8) is 0 Å². The molecule has 4 heteroatoms. The molecule has 0 bridgehead atoms. The van der Waals surface area contributed by atoms with Gasteiger partial charge in [-0.15, -0.1) is 0 Å². The van der Waals surface area contributed by atoms with E-state index in [-0.39, 0.29) is 0 Å². The van der Waals surface area contributed by atoms with E-state index in [1.165, 1.54) is 43.2 Å². The second kappa shape index (κ2) is 9.87. The van der Waals surface area contributed by atoms with Crippen LogP contribution in [-0.2, 0) is 5.41 Å². The third-order valence-corrected chi connectivity index (χ3v) is 9.96. The van der Waals surface area contributed by atoms with Crippen molar-refractivity contribution in [2.45, 2.75) is 15.2 Å². The van der Waals surface area contributed by atoms with E-state index < -0.39 is 5.41 Å². The van der Waals surface area contributed by atoms with Crippen molar-refractivity contribution >= 4 is 11.8 Å². The molecular weight excluding hydrogens is 555 g/mol. The van der Waals surface area contributed by atoms with Crippen LogP contribution in [0.3, 0.4) is 0 Å². The van der Waals surface area contributed by atoms with Crippen LogP contribution in [0.1, 0.15) is 22.3 Å². The van der Waals surface area contributed by atoms with Crippen molar-refractivity contribution in [2.24, 2.45) is 0 Å². The summed E-state index contributed by atoms with van der Waals surface area (Å²) < 4.78 is 0. The van der Waals surface area contributed by atoms with Crippen LogP contribution < -0.4 is 0 Å². The number of fused-ring (bicyclic) bond motifs is 9. The van der Waals surface area contributed by atoms with Crippen molar-refractivity contribution in [3.8, 4) is 45.2 Å². The molecule has 2 aliphatic rings. The molecule has 2 aromatic heterocycles. The molecule has 0 fully saturated rings. The Bertz CT molecular complexity index is 2110. The van der Waals surface area contributed by atoms with Gasteiger partial charge in [0.2, 0.25) is 0 Å². The molecule has 5 aromatic carbocycles. The normalized spacial score (nSPS) is 13.5. The van der Waals surface area contributed by atoms with Crippen LogP contribution >= 0.6 is 11.8 Å². The fraction of sp³-hybridized carbons (Fsp3) is 0.0250. The van der Waals surface area contributed by atoms with E-state index in [0.29, 0.717) is 5.82 Å². The number of hydrogen-bond acceptors (Lipinski definition) is 4. The quantitative estimate of drug-likeness (QED) is 0.209. The summed E-state index contributed by atoms with van der Waals surface area (Å²) in [5, 5.41) is 0. The van der Waals surface area contributed by atoms with Gasteiger partial charge in [0.25, 0.3) is 0 Å². The van der Waals surface area contributed by atoms with Gasteiger partial charge in [-0.3, -0.25) is 4.98 Å². The fourth-order valence-electron chi connectivity index (χ4n) is 6.98. The molecule has 9 rings (SSSR count). The Kier molecular flexibility index (Phi) is 5.65. The SMILES string of the molecule is c1ccc(-c2cc(-c3ccccn3)nc(-c3ccc4c(c3)Sc3ccccc3C43c4ccccc4-c4ccccc43)n2)cc1. The highest BCUT2D eigenvalue weighted by molar-refractivity contribution is 7.99. The van der Waals surface area contributed by atoms with Crippen LogP contribution in [0, 0.1) is 0 Å². The van der Waals surface area contributed by atoms with Crippen LogP contribution in [0.15, 0.2) is 162 Å². The van der Waals surface area contributed by atoms with Crippen molar-refractivity contribution in [3.05, 3.63) is 174 Å². The average Bonchev–Trinajstić information content (AvgIpc) is 3.39. The second-order valence-corrected chi connectivity index (χ2v) is 12.3. The first-order chi connectivity index (χ1) is 21.8. The Morgan fingerprint density at radius 3 is 1.82 bits per heavy atom. The molecule has 7 aromatic rings. The summed E-state index contributed by atoms with van der Waals surface area (Å²) in [6.45, 7) is 0. The summed E-state index contributed by atoms with van der Waals surface area (Å²) >= 11 is 1.83. The van der Waals surface area contributed by atoms with Crippen LogP contribution in [0.25, 0.3) is 45.2 Å². The van der Waals surface area contributed by atoms with Crippen LogP contribution in [0.5, 0.6) is 0 Å². The van der Waals surface area contributed by atoms with Gasteiger partial charge in [0.1, 0.15) is 0 Å². The van der Waals surface area contributed by atoms with E-state index in [1.807, 2.05) is 60.4 Å². The molecule has 0 saturated heterocycles. The molecule has 1 spiro atoms. The number of benzene rings is 5. The van der Waals surface area contributed by atoms with Gasteiger partial charge in [0.05, 0.1) is 22.5 Å². The highest BCUT2D eigenvalue weighted by Crippen LogP contribution is 2.62. The van der Waals surface area contributed by atoms with Crippen molar-refractivity contribution in [1.29, 1.82) is 0 Å². The van der Waals surface area contributed by atoms with Gasteiger partial charge in [0, 0.05) is 27.1 Å². The molecule has 3 nitrogen and oxygen atoms in total. The van der Waals surface area contributed by atoms with Gasteiger partial charge < -0.3 is 0 Å². The smallest absolute Gasteiger partial charge is 0.160 e. The summed E-state index contributed by atoms with van der Waals surface area (Å²) in [6, 6.07) is 51.7. The standard InChI is InChI=1S/C40H25N3S/c1-2-12-26(13-3-1)35-25-36(34-19-10-11-23-41-34)43-39(42-35)27-21-22-33-38(24-27)44-37-20-9-8-18-32(37)40(33)30-16-6-4-14-28(30)29-15-5-7-17-31(29)40/h1-25H. The van der Waals surface area contributed by atoms with Crippen LogP contribution in [0.2, 0.25) is 0 Å². The minimum absolute atomic E-state index is 0.394. The molecule has 44 heavy (non-hydrogen) atoms. The van der Waals surface area contributed by atoms with Gasteiger partial charge in [-0.25, -0.2) is 9.97 Å². The lowest BCUT2D eigenvalue weighted by Gasteiger charge is -2.39. The molecule has 0 atom stereocenters. The maximum Gasteiger partial charge on any atom is 0.160 e. The number of nitrogens with zero attached hydrogens (tertiary/aromatic N) is 3. The monoisotopic (exact) mass is 579 g/mol. The molecule has 0 radical (unpaired) electrons. The molecule has 0 amide bonds. The second-order valence-electron chi connectivity index (χ2n) is 11.2. The zero-order valence-electron chi connectivity index (χ0n) is 23.7. The fourth-order valence-corrected chi connectivity index (χ4v) is 8.21. The predicted octanol–water partition coefficient (Wildman–Crippen LogP) is 9.70. The maximum atomic E-state index is 5.11. The Morgan fingerprint density at radius 1 is 0.432 bits per heavy atom. The van der Waals surface area contributed by atoms with Gasteiger partial charge in [-0.1, -0.05) is 127 Å². The first-order valence-corrected chi connectivity index (χ1v) is 15.6. The maximum absolute atomic E-state index is 5.11. The number of rotatable bonds is 3. The third kappa shape index (κ3) is 3.68. The molecule has 1 aliphatic heterocycles. The number of hydrogen-bond donors (Lipinski definition) is 0. The first-order valence-electron chi connectivity index (χ1n) is 14.8. The average molecular weight is 580 g/mol. The minimum atomic E-state index is -0.394. The van der Waals surface area contributed by atoms with E-state index >= 15 is 0 Å². The summed E-state index contributed by atoms with van der Waals surface area (Å²) in [5.74, 6) is 0.690. The van der Waals surface area contributed by atoms with Gasteiger partial charge in [-0.2, -0.15) is 0 Å². The zero-order chi connectivity index (χ0) is 29.1. The van der Waals surface area contributed by atoms with Crippen LogP contribution in [-0.4, -0.2) is 15.0 Å². The lowest BCUT2D eigenvalue weighted by atomic mass is 9.67. The molecule has 206 valence electrons. The first kappa shape index (κ1) is 25.2. The molecule has 1 aliphatic carbocycles. The number of pyridine rings is 1. The summed E-state index contributed by atoms with van der Waals surface area (Å²) in [7, 11) is 0. The molecule has 0 saturated carbocycles. The van der Waals surface area contributed by atoms with E-state index in [1.54, 1.807) is 0 Å². The topological polar surface area (TPSA) is 38.7 Å². The molecular formula is C40H25N3S. The van der Waals surface area contributed by atoms with Gasteiger partial charge in [-0.05, 0) is 63.7 Å². The molecule has 0 unspecified atom stereocenters. The van der Waals surface area contributed by atoms with Crippen molar-refractivity contribution in [1.82, 2.24) is 15.0 Å². The highest BCUT2D eigenvalue weighted by atomic mass is 32.2. The molecule has 3 heterocycles. The van der Waals surface area contributed by atoms with E-state index in [9.17, 15) is 0 Å². The minimum Gasteiger partial charge on any atom is -0.255 e. The van der Waals surface area contributed by atoms with Crippen molar-refractivity contribution < 1.29 is 0 Å². The van der Waals surface area contributed by atoms with Gasteiger partial charge in [0.15, 0.2) is 5.82 Å². The van der Waals surface area contributed by atoms with E-state index in [4.69, 9.17) is 9.97 Å². The third-order valence-electron chi connectivity index (χ3n) is 8.83. The predicted molar refractivity (Wildman–Crippen MR) is 178 cm³/mol. The molecule has 0 N–H and O–H groups in total. The Labute approximate surface area is 260 Å². The van der Waals surface area contributed by atoms with E-state index in [0.717, 1.165) is 28.2 Å².